The lowest BCUT2D eigenvalue weighted by Crippen LogP contribution is -2.47. The normalized spacial score (nSPS) is 13.9. The van der Waals surface area contributed by atoms with Gasteiger partial charge in [0.1, 0.15) is 5.69 Å². The van der Waals surface area contributed by atoms with Crippen LogP contribution >= 0.6 is 34.8 Å². The molecule has 37 heavy (non-hydrogen) atoms. The zero-order valence-electron chi connectivity index (χ0n) is 18.8. The molecule has 3 aromatic carbocycles. The van der Waals surface area contributed by atoms with Gasteiger partial charge in [0.05, 0.1) is 10.7 Å². The molecule has 0 unspecified atom stereocenters. The second kappa shape index (κ2) is 11.2. The number of benzene rings is 3. The number of amides is 1. The molecule has 0 spiro atoms. The van der Waals surface area contributed by atoms with Gasteiger partial charge in [0.2, 0.25) is 11.7 Å². The molecule has 4 nitrogen and oxygen atoms in total. The lowest BCUT2D eigenvalue weighted by atomic mass is 10.2. The van der Waals surface area contributed by atoms with Crippen molar-refractivity contribution in [3.63, 3.8) is 0 Å². The molecular formula is C25H17Cl3F5N3O. The molecule has 0 saturated carbocycles. The van der Waals surface area contributed by atoms with Crippen LogP contribution in [0.25, 0.3) is 6.08 Å². The fourth-order valence-corrected chi connectivity index (χ4v) is 4.64. The maximum Gasteiger partial charge on any atom is 0.248 e. The summed E-state index contributed by atoms with van der Waals surface area (Å²) < 4.78 is 68.8. The number of carbonyl (C=O) groups excluding carboxylic acids is 1. The number of halogens is 8. The van der Waals surface area contributed by atoms with E-state index in [9.17, 15) is 26.7 Å². The monoisotopic (exact) mass is 575 g/mol. The minimum Gasteiger partial charge on any atom is -0.367 e. The van der Waals surface area contributed by atoms with E-state index < -0.39 is 40.7 Å². The van der Waals surface area contributed by atoms with Gasteiger partial charge in [0, 0.05) is 48.0 Å². The van der Waals surface area contributed by atoms with Crippen LogP contribution in [0, 0.1) is 29.1 Å². The minimum absolute atomic E-state index is 0.00871. The molecule has 1 amide bonds. The highest BCUT2D eigenvalue weighted by Crippen LogP contribution is 2.33. The Kier molecular flexibility index (Phi) is 8.16. The van der Waals surface area contributed by atoms with Crippen molar-refractivity contribution in [1.82, 2.24) is 0 Å². The molecule has 3 aromatic rings. The molecule has 12 heteroatoms. The number of nitrogens with one attached hydrogen (secondary N) is 1. The standard InChI is InChI=1S/C25H17Cl3F5N3O/c26-14-3-1-13(16(27)11-14)2-6-19(37)34-15-4-5-18(17(28)12-15)35-7-9-36(10-8-35)25-23(32)21(30)20(29)22(31)24(25)33/h1-6,11-12H,7-10H2,(H,34,37)/b6-2+. The summed E-state index contributed by atoms with van der Waals surface area (Å²) in [6, 6.07) is 9.69. The van der Waals surface area contributed by atoms with Crippen molar-refractivity contribution < 1.29 is 26.7 Å². The maximum atomic E-state index is 14.2. The molecule has 0 aromatic heterocycles. The van der Waals surface area contributed by atoms with E-state index in [1.54, 1.807) is 35.2 Å². The molecule has 1 N–H and O–H groups in total. The highest BCUT2D eigenvalue weighted by atomic mass is 35.5. The number of carbonyl (C=O) groups is 1. The number of piperazine rings is 1. The fraction of sp³-hybridized carbons (Fsp3) is 0.160. The quantitative estimate of drug-likeness (QED) is 0.150. The van der Waals surface area contributed by atoms with Crippen molar-refractivity contribution in [3.05, 3.63) is 92.2 Å². The van der Waals surface area contributed by atoms with Gasteiger partial charge in [-0.15, -0.1) is 0 Å². The summed E-state index contributed by atoms with van der Waals surface area (Å²) in [5.41, 5.74) is 0.665. The smallest absolute Gasteiger partial charge is 0.248 e. The van der Waals surface area contributed by atoms with Crippen molar-refractivity contribution in [1.29, 1.82) is 0 Å². The summed E-state index contributed by atoms with van der Waals surface area (Å²) in [7, 11) is 0. The van der Waals surface area contributed by atoms with E-state index in [0.717, 1.165) is 4.90 Å². The summed E-state index contributed by atoms with van der Waals surface area (Å²) >= 11 is 18.3. The van der Waals surface area contributed by atoms with Crippen LogP contribution in [-0.2, 0) is 4.79 Å². The summed E-state index contributed by atoms with van der Waals surface area (Å²) in [4.78, 5) is 15.2. The van der Waals surface area contributed by atoms with Gasteiger partial charge in [0.15, 0.2) is 23.3 Å². The highest BCUT2D eigenvalue weighted by Gasteiger charge is 2.31. The van der Waals surface area contributed by atoms with E-state index in [0.29, 0.717) is 32.0 Å². The summed E-state index contributed by atoms with van der Waals surface area (Å²) in [5, 5.41) is 3.84. The molecular weight excluding hydrogens is 560 g/mol. The lowest BCUT2D eigenvalue weighted by molar-refractivity contribution is -0.111. The third kappa shape index (κ3) is 5.79. The van der Waals surface area contributed by atoms with Crippen molar-refractivity contribution in [3.8, 4) is 0 Å². The molecule has 194 valence electrons. The average Bonchev–Trinajstić information content (AvgIpc) is 2.86. The fourth-order valence-electron chi connectivity index (χ4n) is 3.87. The molecule has 1 saturated heterocycles. The van der Waals surface area contributed by atoms with E-state index in [2.05, 4.69) is 5.32 Å². The van der Waals surface area contributed by atoms with Crippen molar-refractivity contribution in [2.45, 2.75) is 0 Å². The predicted molar refractivity (Wildman–Crippen MR) is 136 cm³/mol. The number of rotatable bonds is 5. The highest BCUT2D eigenvalue weighted by molar-refractivity contribution is 6.35. The summed E-state index contributed by atoms with van der Waals surface area (Å²) in [5.74, 6) is -10.3. The first-order valence-corrected chi connectivity index (χ1v) is 11.9. The third-order valence-electron chi connectivity index (χ3n) is 5.72. The molecule has 0 atom stereocenters. The van der Waals surface area contributed by atoms with Crippen LogP contribution in [0.15, 0.2) is 42.5 Å². The first-order valence-electron chi connectivity index (χ1n) is 10.8. The van der Waals surface area contributed by atoms with Crippen LogP contribution in [0.2, 0.25) is 15.1 Å². The largest absolute Gasteiger partial charge is 0.367 e. The van der Waals surface area contributed by atoms with Gasteiger partial charge < -0.3 is 15.1 Å². The van der Waals surface area contributed by atoms with Gasteiger partial charge >= 0.3 is 0 Å². The Morgan fingerprint density at radius 1 is 0.757 bits per heavy atom. The molecule has 0 bridgehead atoms. The number of nitrogens with zero attached hydrogens (tertiary/aromatic N) is 2. The Hall–Kier alpha value is -3.01. The van der Waals surface area contributed by atoms with E-state index in [1.807, 2.05) is 0 Å². The molecule has 1 aliphatic rings. The molecule has 1 heterocycles. The zero-order chi connectivity index (χ0) is 26.9. The van der Waals surface area contributed by atoms with E-state index >= 15 is 0 Å². The van der Waals surface area contributed by atoms with Crippen molar-refractivity contribution >= 4 is 63.8 Å². The number of hydrogen-bond donors (Lipinski definition) is 1. The van der Waals surface area contributed by atoms with Gasteiger partial charge in [-0.1, -0.05) is 40.9 Å². The van der Waals surface area contributed by atoms with Crippen LogP contribution in [0.1, 0.15) is 5.56 Å². The van der Waals surface area contributed by atoms with E-state index in [1.165, 1.54) is 18.2 Å². The van der Waals surface area contributed by atoms with Crippen LogP contribution in [-0.4, -0.2) is 32.1 Å². The molecule has 1 aliphatic heterocycles. The molecule has 1 fully saturated rings. The lowest BCUT2D eigenvalue weighted by Gasteiger charge is -2.38. The predicted octanol–water partition coefficient (Wildman–Crippen LogP) is 7.32. The zero-order valence-corrected chi connectivity index (χ0v) is 21.0. The van der Waals surface area contributed by atoms with E-state index in [-0.39, 0.29) is 26.2 Å². The Bertz CT molecular complexity index is 1370. The Morgan fingerprint density at radius 2 is 1.35 bits per heavy atom. The van der Waals surface area contributed by atoms with Crippen LogP contribution in [0.3, 0.4) is 0 Å². The first-order chi connectivity index (χ1) is 17.6. The van der Waals surface area contributed by atoms with Gasteiger partial charge in [-0.2, -0.15) is 0 Å². The first kappa shape index (κ1) is 27.0. The van der Waals surface area contributed by atoms with Crippen LogP contribution in [0.5, 0.6) is 0 Å². The molecule has 0 radical (unpaired) electrons. The van der Waals surface area contributed by atoms with Crippen LogP contribution < -0.4 is 15.1 Å². The summed E-state index contributed by atoms with van der Waals surface area (Å²) in [6.45, 7) is 0.390. The summed E-state index contributed by atoms with van der Waals surface area (Å²) in [6.07, 6.45) is 2.84. The van der Waals surface area contributed by atoms with Crippen LogP contribution in [0.4, 0.5) is 39.0 Å². The molecule has 4 rings (SSSR count). The minimum atomic E-state index is -2.19. The molecule has 0 aliphatic carbocycles. The Labute approximate surface area is 223 Å². The average molecular weight is 577 g/mol. The number of hydrogen-bond acceptors (Lipinski definition) is 3. The topological polar surface area (TPSA) is 35.6 Å². The second-order valence-corrected chi connectivity index (χ2v) is 9.30. The number of anilines is 3. The van der Waals surface area contributed by atoms with Gasteiger partial charge in [-0.3, -0.25) is 4.79 Å². The maximum absolute atomic E-state index is 14.2. The van der Waals surface area contributed by atoms with Gasteiger partial charge in [-0.05, 0) is 42.0 Å². The SMILES string of the molecule is O=C(/C=C/c1ccc(Cl)cc1Cl)Nc1ccc(N2CCN(c3c(F)c(F)c(F)c(F)c3F)CC2)c(Cl)c1. The van der Waals surface area contributed by atoms with Crippen molar-refractivity contribution in [2.75, 3.05) is 41.3 Å². The van der Waals surface area contributed by atoms with Crippen molar-refractivity contribution in [2.24, 2.45) is 0 Å². The van der Waals surface area contributed by atoms with E-state index in [4.69, 9.17) is 34.8 Å². The van der Waals surface area contributed by atoms with Gasteiger partial charge in [0.25, 0.3) is 0 Å². The second-order valence-electron chi connectivity index (χ2n) is 8.05. The Morgan fingerprint density at radius 3 is 1.95 bits per heavy atom. The van der Waals surface area contributed by atoms with Gasteiger partial charge in [-0.25, -0.2) is 22.0 Å². The Balaban J connectivity index is 1.41. The third-order valence-corrected chi connectivity index (χ3v) is 6.58.